The monoisotopic (exact) mass is 430 g/mol. The number of fused-ring (bicyclic) bond motifs is 1. The molecule has 0 bridgehead atoms. The number of nitrogens with zero attached hydrogens (tertiary/aromatic N) is 2. The van der Waals surface area contributed by atoms with E-state index in [1.807, 2.05) is 73.3 Å². The molecule has 0 saturated heterocycles. The highest BCUT2D eigenvalue weighted by atomic mass is 16.5. The van der Waals surface area contributed by atoms with E-state index in [0.29, 0.717) is 12.1 Å². The first-order chi connectivity index (χ1) is 15.6. The fourth-order valence-electron chi connectivity index (χ4n) is 4.76. The quantitative estimate of drug-likeness (QED) is 0.481. The van der Waals surface area contributed by atoms with Gasteiger partial charge < -0.3 is 9.64 Å². The number of pyridine rings is 1. The van der Waals surface area contributed by atoms with E-state index in [1.54, 1.807) is 0 Å². The van der Waals surface area contributed by atoms with E-state index in [9.17, 15) is 9.59 Å². The molecule has 3 aromatic rings. The number of likely N-dealkylation sites (N-methyl/N-ethyl adjacent to an activating group) is 1. The van der Waals surface area contributed by atoms with Crippen LogP contribution in [0.2, 0.25) is 0 Å². The van der Waals surface area contributed by atoms with Gasteiger partial charge in [-0.1, -0.05) is 67.8 Å². The van der Waals surface area contributed by atoms with E-state index in [2.05, 4.69) is 0 Å². The third-order valence-electron chi connectivity index (χ3n) is 6.39. The Labute approximate surface area is 189 Å². The molecular formula is C27H30N2O3. The van der Waals surface area contributed by atoms with E-state index in [4.69, 9.17) is 9.72 Å². The summed E-state index contributed by atoms with van der Waals surface area (Å²) in [6.45, 7) is 4.28. The van der Waals surface area contributed by atoms with Gasteiger partial charge in [0.05, 0.1) is 16.8 Å². The van der Waals surface area contributed by atoms with Crippen molar-refractivity contribution in [3.63, 3.8) is 0 Å². The van der Waals surface area contributed by atoms with Crippen molar-refractivity contribution in [1.82, 2.24) is 9.88 Å². The molecule has 0 radical (unpaired) electrons. The fraction of sp³-hybridized carbons (Fsp3) is 0.370. The molecule has 1 heterocycles. The van der Waals surface area contributed by atoms with Crippen molar-refractivity contribution in [2.45, 2.75) is 52.0 Å². The minimum absolute atomic E-state index is 0.118. The Balaban J connectivity index is 1.60. The van der Waals surface area contributed by atoms with Crippen LogP contribution in [0.15, 0.2) is 54.6 Å². The highest BCUT2D eigenvalue weighted by Gasteiger charge is 2.26. The second-order valence-corrected chi connectivity index (χ2v) is 8.39. The summed E-state index contributed by atoms with van der Waals surface area (Å²) in [6, 6.07) is 17.6. The average molecular weight is 431 g/mol. The number of carbonyl (C=O) groups is 2. The number of hydrogen-bond donors (Lipinski definition) is 0. The Morgan fingerprint density at radius 2 is 1.69 bits per heavy atom. The zero-order valence-corrected chi connectivity index (χ0v) is 18.8. The maximum absolute atomic E-state index is 13.2. The summed E-state index contributed by atoms with van der Waals surface area (Å²) >= 11 is 0. The van der Waals surface area contributed by atoms with Gasteiger partial charge in [0.25, 0.3) is 5.91 Å². The highest BCUT2D eigenvalue weighted by molar-refractivity contribution is 6.06. The standard InChI is InChI=1S/C27H30N2O3/c1-3-29(21-14-8-5-9-15-21)24(30)18-32-27(31)25-19(2)26(20-12-6-4-7-13-20)28-23-17-11-10-16-22(23)25/h4,6-7,10-13,16-17,21H,3,5,8-9,14-15,18H2,1-2H3. The maximum atomic E-state index is 13.2. The number of benzene rings is 2. The van der Waals surface area contributed by atoms with Gasteiger partial charge >= 0.3 is 5.97 Å². The van der Waals surface area contributed by atoms with Crippen LogP contribution in [0.25, 0.3) is 22.2 Å². The zero-order chi connectivity index (χ0) is 22.5. The number of carbonyl (C=O) groups excluding carboxylic acids is 2. The van der Waals surface area contributed by atoms with Gasteiger partial charge in [-0.3, -0.25) is 4.79 Å². The summed E-state index contributed by atoms with van der Waals surface area (Å²) in [6.07, 6.45) is 5.59. The summed E-state index contributed by atoms with van der Waals surface area (Å²) in [4.78, 5) is 32.8. The molecule has 5 heteroatoms. The van der Waals surface area contributed by atoms with Gasteiger partial charge in [-0.05, 0) is 38.3 Å². The largest absolute Gasteiger partial charge is 0.452 e. The van der Waals surface area contributed by atoms with E-state index in [0.717, 1.165) is 53.4 Å². The Hall–Kier alpha value is -3.21. The molecule has 2 aromatic carbocycles. The lowest BCUT2D eigenvalue weighted by molar-refractivity contribution is -0.137. The van der Waals surface area contributed by atoms with Crippen LogP contribution in [0, 0.1) is 6.92 Å². The predicted octanol–water partition coefficient (Wildman–Crippen LogP) is 5.55. The van der Waals surface area contributed by atoms with Gasteiger partial charge in [-0.2, -0.15) is 0 Å². The van der Waals surface area contributed by atoms with Crippen LogP contribution in [0.4, 0.5) is 0 Å². The van der Waals surface area contributed by atoms with Crippen LogP contribution in [0.3, 0.4) is 0 Å². The SMILES string of the molecule is CCN(C(=O)COC(=O)c1c(C)c(-c2ccccc2)nc2ccccc12)C1CCCCC1. The van der Waals surface area contributed by atoms with Crippen molar-refractivity contribution in [3.05, 3.63) is 65.7 Å². The molecule has 1 aromatic heterocycles. The number of ether oxygens (including phenoxy) is 1. The van der Waals surface area contributed by atoms with Crippen molar-refractivity contribution >= 4 is 22.8 Å². The average Bonchev–Trinajstić information content (AvgIpc) is 2.84. The fourth-order valence-corrected chi connectivity index (χ4v) is 4.76. The molecule has 1 saturated carbocycles. The van der Waals surface area contributed by atoms with E-state index < -0.39 is 5.97 Å². The topological polar surface area (TPSA) is 59.5 Å². The first-order valence-electron chi connectivity index (χ1n) is 11.5. The predicted molar refractivity (Wildman–Crippen MR) is 126 cm³/mol. The van der Waals surface area contributed by atoms with Crippen molar-refractivity contribution in [2.75, 3.05) is 13.2 Å². The third-order valence-corrected chi connectivity index (χ3v) is 6.39. The molecule has 0 atom stereocenters. The minimum Gasteiger partial charge on any atom is -0.452 e. The molecule has 0 spiro atoms. The van der Waals surface area contributed by atoms with E-state index >= 15 is 0 Å². The summed E-state index contributed by atoms with van der Waals surface area (Å²) in [5.41, 5.74) is 3.65. The first-order valence-corrected chi connectivity index (χ1v) is 11.5. The molecule has 0 unspecified atom stereocenters. The molecule has 4 rings (SSSR count). The molecule has 0 N–H and O–H groups in total. The van der Waals surface area contributed by atoms with E-state index in [-0.39, 0.29) is 18.6 Å². The van der Waals surface area contributed by atoms with E-state index in [1.165, 1.54) is 6.42 Å². The summed E-state index contributed by atoms with van der Waals surface area (Å²) in [5.74, 6) is -0.599. The second-order valence-electron chi connectivity index (χ2n) is 8.39. The van der Waals surface area contributed by atoms with Gasteiger partial charge in [0.15, 0.2) is 6.61 Å². The molecule has 1 fully saturated rings. The summed E-state index contributed by atoms with van der Waals surface area (Å²) in [5, 5.41) is 0.738. The van der Waals surface area contributed by atoms with Crippen LogP contribution in [-0.2, 0) is 9.53 Å². The number of amides is 1. The number of hydrogen-bond acceptors (Lipinski definition) is 4. The molecule has 166 valence electrons. The Morgan fingerprint density at radius 3 is 2.41 bits per heavy atom. The molecule has 1 amide bonds. The third kappa shape index (κ3) is 4.52. The Morgan fingerprint density at radius 1 is 1.00 bits per heavy atom. The number of aromatic nitrogens is 1. The molecule has 32 heavy (non-hydrogen) atoms. The molecule has 0 aliphatic heterocycles. The lowest BCUT2D eigenvalue weighted by Gasteiger charge is -2.33. The number of para-hydroxylation sites is 1. The Bertz CT molecular complexity index is 1100. The maximum Gasteiger partial charge on any atom is 0.339 e. The smallest absolute Gasteiger partial charge is 0.339 e. The lowest BCUT2D eigenvalue weighted by atomic mass is 9.94. The van der Waals surface area contributed by atoms with Crippen molar-refractivity contribution in [1.29, 1.82) is 0 Å². The molecule has 1 aliphatic rings. The summed E-state index contributed by atoms with van der Waals surface area (Å²) in [7, 11) is 0. The number of esters is 1. The second kappa shape index (κ2) is 9.94. The molecular weight excluding hydrogens is 400 g/mol. The molecule has 5 nitrogen and oxygen atoms in total. The van der Waals surface area contributed by atoms with Gasteiger partial charge in [0.1, 0.15) is 0 Å². The molecule has 1 aliphatic carbocycles. The Kier molecular flexibility index (Phi) is 6.84. The van der Waals surface area contributed by atoms with Gasteiger partial charge in [-0.15, -0.1) is 0 Å². The van der Waals surface area contributed by atoms with Crippen LogP contribution in [0.1, 0.15) is 54.9 Å². The van der Waals surface area contributed by atoms with Crippen LogP contribution in [0.5, 0.6) is 0 Å². The summed E-state index contributed by atoms with van der Waals surface area (Å²) < 4.78 is 5.59. The number of rotatable bonds is 6. The van der Waals surface area contributed by atoms with Gasteiger partial charge in [0, 0.05) is 23.5 Å². The van der Waals surface area contributed by atoms with Crippen LogP contribution >= 0.6 is 0 Å². The van der Waals surface area contributed by atoms with Crippen LogP contribution in [-0.4, -0.2) is 41.0 Å². The van der Waals surface area contributed by atoms with Gasteiger partial charge in [-0.25, -0.2) is 9.78 Å². The van der Waals surface area contributed by atoms with Crippen LogP contribution < -0.4 is 0 Å². The minimum atomic E-state index is -0.480. The van der Waals surface area contributed by atoms with Crippen molar-refractivity contribution in [3.8, 4) is 11.3 Å². The zero-order valence-electron chi connectivity index (χ0n) is 18.8. The van der Waals surface area contributed by atoms with Gasteiger partial charge in [0.2, 0.25) is 0 Å². The normalized spacial score (nSPS) is 14.3. The lowest BCUT2D eigenvalue weighted by Crippen LogP contribution is -2.43. The van der Waals surface area contributed by atoms with Crippen molar-refractivity contribution < 1.29 is 14.3 Å². The first kappa shape index (κ1) is 22.0. The highest BCUT2D eigenvalue weighted by Crippen LogP contribution is 2.30. The van der Waals surface area contributed by atoms with Crippen molar-refractivity contribution in [2.24, 2.45) is 0 Å².